The summed E-state index contributed by atoms with van der Waals surface area (Å²) in [5.41, 5.74) is 7.03. The van der Waals surface area contributed by atoms with Crippen LogP contribution in [0, 0.1) is 18.6 Å². The van der Waals surface area contributed by atoms with E-state index < -0.39 is 17.7 Å². The van der Waals surface area contributed by atoms with E-state index in [2.05, 4.69) is 9.97 Å². The van der Waals surface area contributed by atoms with Crippen LogP contribution < -0.4 is 5.73 Å². The number of aryl methyl sites for hydroxylation is 1. The van der Waals surface area contributed by atoms with E-state index in [0.717, 1.165) is 23.8 Å². The maximum absolute atomic E-state index is 13.4. The van der Waals surface area contributed by atoms with Gasteiger partial charge in [-0.2, -0.15) is 0 Å². The topological polar surface area (TPSA) is 51.8 Å². The highest BCUT2D eigenvalue weighted by Gasteiger charge is 2.13. The molecule has 94 valence electrons. The van der Waals surface area contributed by atoms with E-state index in [0.29, 0.717) is 5.82 Å². The molecule has 2 aromatic rings. The number of aromatic nitrogens is 2. The van der Waals surface area contributed by atoms with Gasteiger partial charge in [-0.25, -0.2) is 18.7 Å². The smallest absolute Gasteiger partial charge is 0.145 e. The lowest BCUT2D eigenvalue weighted by molar-refractivity contribution is 0.566. The molecule has 1 heterocycles. The van der Waals surface area contributed by atoms with Crippen LogP contribution in [0.4, 0.5) is 8.78 Å². The lowest BCUT2D eigenvalue weighted by Gasteiger charge is -2.11. The fraction of sp³-hybridized carbons (Fsp3) is 0.231. The first-order valence-electron chi connectivity index (χ1n) is 5.54. The van der Waals surface area contributed by atoms with Crippen molar-refractivity contribution in [3.8, 4) is 0 Å². The number of nitrogens with zero attached hydrogens (tertiary/aromatic N) is 2. The molecule has 18 heavy (non-hydrogen) atoms. The Labute approximate surface area is 104 Å². The Morgan fingerprint density at radius 2 is 1.89 bits per heavy atom. The van der Waals surface area contributed by atoms with Crippen molar-refractivity contribution in [3.05, 3.63) is 59.2 Å². The lowest BCUT2D eigenvalue weighted by Crippen LogP contribution is -2.17. The number of halogens is 2. The summed E-state index contributed by atoms with van der Waals surface area (Å²) in [5.74, 6) is -0.536. The molecule has 0 bridgehead atoms. The molecule has 1 unspecified atom stereocenters. The third kappa shape index (κ3) is 2.87. The molecule has 0 amide bonds. The Balaban J connectivity index is 2.18. The Morgan fingerprint density at radius 1 is 1.22 bits per heavy atom. The number of nitrogens with two attached hydrogens (primary N) is 1. The van der Waals surface area contributed by atoms with Gasteiger partial charge in [0, 0.05) is 12.4 Å². The maximum Gasteiger partial charge on any atom is 0.145 e. The highest BCUT2D eigenvalue weighted by molar-refractivity contribution is 5.20. The predicted octanol–water partition coefficient (Wildman–Crippen LogP) is 2.31. The van der Waals surface area contributed by atoms with Gasteiger partial charge in [-0.1, -0.05) is 0 Å². The van der Waals surface area contributed by atoms with Crippen LogP contribution in [0.25, 0.3) is 0 Å². The maximum atomic E-state index is 13.4. The quantitative estimate of drug-likeness (QED) is 0.908. The molecule has 1 aromatic heterocycles. The average Bonchev–Trinajstić information content (AvgIpc) is 2.34. The molecule has 1 aromatic carbocycles. The minimum Gasteiger partial charge on any atom is -0.321 e. The Morgan fingerprint density at radius 3 is 2.56 bits per heavy atom. The highest BCUT2D eigenvalue weighted by atomic mass is 19.1. The minimum absolute atomic E-state index is 0.159. The van der Waals surface area contributed by atoms with Gasteiger partial charge in [-0.05, 0) is 42.7 Å². The van der Waals surface area contributed by atoms with E-state index in [1.54, 1.807) is 12.4 Å². The lowest BCUT2D eigenvalue weighted by atomic mass is 10.1. The zero-order chi connectivity index (χ0) is 13.1. The van der Waals surface area contributed by atoms with Crippen molar-refractivity contribution in [3.63, 3.8) is 0 Å². The first-order chi connectivity index (χ1) is 8.56. The van der Waals surface area contributed by atoms with Crippen LogP contribution in [-0.4, -0.2) is 9.97 Å². The summed E-state index contributed by atoms with van der Waals surface area (Å²) in [6.07, 6.45) is 3.45. The van der Waals surface area contributed by atoms with Crippen LogP contribution in [0.3, 0.4) is 0 Å². The van der Waals surface area contributed by atoms with Gasteiger partial charge in [0.25, 0.3) is 0 Å². The molecular weight excluding hydrogens is 236 g/mol. The van der Waals surface area contributed by atoms with Crippen molar-refractivity contribution in [1.29, 1.82) is 0 Å². The summed E-state index contributed by atoms with van der Waals surface area (Å²) in [6, 6.07) is 2.76. The first kappa shape index (κ1) is 12.6. The Kier molecular flexibility index (Phi) is 3.62. The van der Waals surface area contributed by atoms with Crippen molar-refractivity contribution < 1.29 is 8.78 Å². The zero-order valence-corrected chi connectivity index (χ0v) is 9.90. The summed E-state index contributed by atoms with van der Waals surface area (Å²) in [5, 5.41) is 0. The second kappa shape index (κ2) is 5.18. The van der Waals surface area contributed by atoms with Crippen molar-refractivity contribution in [2.45, 2.75) is 19.4 Å². The van der Waals surface area contributed by atoms with Crippen molar-refractivity contribution in [2.75, 3.05) is 0 Å². The molecule has 0 aliphatic rings. The molecule has 0 radical (unpaired) electrons. The van der Waals surface area contributed by atoms with Crippen LogP contribution >= 0.6 is 0 Å². The normalized spacial score (nSPS) is 12.4. The Bertz CT molecular complexity index is 540. The van der Waals surface area contributed by atoms with Crippen LogP contribution in [-0.2, 0) is 6.42 Å². The van der Waals surface area contributed by atoms with Gasteiger partial charge in [0.2, 0.25) is 0 Å². The molecule has 0 spiro atoms. The van der Waals surface area contributed by atoms with Crippen LogP contribution in [0.1, 0.15) is 23.0 Å². The van der Waals surface area contributed by atoms with Crippen LogP contribution in [0.2, 0.25) is 0 Å². The zero-order valence-electron chi connectivity index (χ0n) is 9.90. The van der Waals surface area contributed by atoms with E-state index >= 15 is 0 Å². The summed E-state index contributed by atoms with van der Waals surface area (Å²) < 4.78 is 26.5. The molecule has 2 rings (SSSR count). The molecule has 3 nitrogen and oxygen atoms in total. The highest BCUT2D eigenvalue weighted by Crippen LogP contribution is 2.16. The third-order valence-corrected chi connectivity index (χ3v) is 2.58. The first-order valence-corrected chi connectivity index (χ1v) is 5.54. The third-order valence-electron chi connectivity index (χ3n) is 2.58. The molecule has 0 fully saturated rings. The SMILES string of the molecule is Cc1cnc(C(N)Cc2cc(F)ccc2F)nc1. The van der Waals surface area contributed by atoms with Gasteiger partial charge in [-0.3, -0.25) is 0 Å². The number of hydrogen-bond acceptors (Lipinski definition) is 3. The molecular formula is C13H13F2N3. The van der Waals surface area contributed by atoms with Gasteiger partial charge in [0.15, 0.2) is 0 Å². The van der Waals surface area contributed by atoms with E-state index in [1.807, 2.05) is 6.92 Å². The second-order valence-electron chi connectivity index (χ2n) is 4.16. The molecule has 0 saturated heterocycles. The number of benzene rings is 1. The molecule has 1 atom stereocenters. The van der Waals surface area contributed by atoms with Crippen LogP contribution in [0.5, 0.6) is 0 Å². The largest absolute Gasteiger partial charge is 0.321 e. The molecule has 0 aliphatic heterocycles. The number of hydrogen-bond donors (Lipinski definition) is 1. The van der Waals surface area contributed by atoms with E-state index in [1.165, 1.54) is 0 Å². The summed E-state index contributed by atoms with van der Waals surface area (Å²) >= 11 is 0. The van der Waals surface area contributed by atoms with Crippen molar-refractivity contribution in [2.24, 2.45) is 5.73 Å². The second-order valence-corrected chi connectivity index (χ2v) is 4.16. The van der Waals surface area contributed by atoms with Gasteiger partial charge < -0.3 is 5.73 Å². The molecule has 5 heteroatoms. The average molecular weight is 249 g/mol. The minimum atomic E-state index is -0.554. The summed E-state index contributed by atoms with van der Waals surface area (Å²) in [6.45, 7) is 1.86. The molecule has 0 saturated carbocycles. The van der Waals surface area contributed by atoms with Gasteiger partial charge in [0.1, 0.15) is 17.5 Å². The van der Waals surface area contributed by atoms with Gasteiger partial charge in [-0.15, -0.1) is 0 Å². The van der Waals surface area contributed by atoms with E-state index in [4.69, 9.17) is 5.73 Å². The van der Waals surface area contributed by atoms with Crippen molar-refractivity contribution in [1.82, 2.24) is 9.97 Å². The van der Waals surface area contributed by atoms with E-state index in [9.17, 15) is 8.78 Å². The van der Waals surface area contributed by atoms with Gasteiger partial charge in [0.05, 0.1) is 6.04 Å². The molecule has 0 aliphatic carbocycles. The Hall–Kier alpha value is -1.88. The fourth-order valence-electron chi connectivity index (χ4n) is 1.62. The van der Waals surface area contributed by atoms with E-state index in [-0.39, 0.29) is 12.0 Å². The fourth-order valence-corrected chi connectivity index (χ4v) is 1.62. The van der Waals surface area contributed by atoms with Crippen molar-refractivity contribution >= 4 is 0 Å². The van der Waals surface area contributed by atoms with Crippen LogP contribution in [0.15, 0.2) is 30.6 Å². The summed E-state index contributed by atoms with van der Waals surface area (Å²) in [7, 11) is 0. The number of rotatable bonds is 3. The molecule has 2 N–H and O–H groups in total. The monoisotopic (exact) mass is 249 g/mol. The van der Waals surface area contributed by atoms with Gasteiger partial charge >= 0.3 is 0 Å². The standard InChI is InChI=1S/C13H13F2N3/c1-8-6-17-13(18-7-8)12(16)5-9-4-10(14)2-3-11(9)15/h2-4,6-7,12H,5,16H2,1H3. The summed E-state index contributed by atoms with van der Waals surface area (Å²) in [4.78, 5) is 8.15. The predicted molar refractivity (Wildman–Crippen MR) is 63.8 cm³/mol.